The summed E-state index contributed by atoms with van der Waals surface area (Å²) in [6.45, 7) is 4.11. The number of aromatic carboxylic acids is 1. The zero-order chi connectivity index (χ0) is 15.8. The van der Waals surface area contributed by atoms with Gasteiger partial charge in [0.25, 0.3) is 0 Å². The average molecular weight is 334 g/mol. The van der Waals surface area contributed by atoms with Crippen molar-refractivity contribution in [3.05, 3.63) is 28.8 Å². The van der Waals surface area contributed by atoms with E-state index in [0.29, 0.717) is 6.61 Å². The van der Waals surface area contributed by atoms with Crippen LogP contribution in [0.25, 0.3) is 0 Å². The van der Waals surface area contributed by atoms with Crippen molar-refractivity contribution in [2.75, 3.05) is 13.2 Å². The lowest BCUT2D eigenvalue weighted by molar-refractivity contribution is -0.0232. The van der Waals surface area contributed by atoms with E-state index in [1.54, 1.807) is 13.8 Å². The molecule has 1 fully saturated rings. The lowest BCUT2D eigenvalue weighted by Crippen LogP contribution is -2.51. The molecule has 0 aromatic heterocycles. The number of carbonyl (C=O) groups is 1. The molecule has 0 bridgehead atoms. The minimum absolute atomic E-state index is 0.00449. The fourth-order valence-electron chi connectivity index (χ4n) is 2.21. The highest BCUT2D eigenvalue weighted by Crippen LogP contribution is 2.26. The molecular weight excluding hydrogens is 318 g/mol. The summed E-state index contributed by atoms with van der Waals surface area (Å²) in [5.41, 5.74) is -0.230. The van der Waals surface area contributed by atoms with Crippen molar-refractivity contribution in [3.63, 3.8) is 0 Å². The van der Waals surface area contributed by atoms with E-state index in [9.17, 15) is 13.2 Å². The Balaban J connectivity index is 2.44. The lowest BCUT2D eigenvalue weighted by atomic mass is 10.2. The number of rotatable bonds is 3. The van der Waals surface area contributed by atoms with Crippen molar-refractivity contribution in [3.8, 4) is 0 Å². The predicted octanol–water partition coefficient (Wildman–Crippen LogP) is 1.84. The average Bonchev–Trinajstić information content (AvgIpc) is 2.41. The normalized spacial score (nSPS) is 24.0. The molecule has 8 heteroatoms. The molecule has 2 rings (SSSR count). The number of carboxylic acid groups (broad SMARTS) is 1. The number of benzene rings is 1. The van der Waals surface area contributed by atoms with Gasteiger partial charge in [-0.1, -0.05) is 11.6 Å². The van der Waals surface area contributed by atoms with Crippen molar-refractivity contribution >= 4 is 27.6 Å². The molecule has 0 aliphatic carbocycles. The predicted molar refractivity (Wildman–Crippen MR) is 77.2 cm³/mol. The molecule has 0 spiro atoms. The van der Waals surface area contributed by atoms with E-state index < -0.39 is 16.0 Å². The van der Waals surface area contributed by atoms with Crippen LogP contribution in [0.5, 0.6) is 0 Å². The number of morpholine rings is 1. The van der Waals surface area contributed by atoms with Gasteiger partial charge in [-0.3, -0.25) is 0 Å². The van der Waals surface area contributed by atoms with Crippen LogP contribution in [0.1, 0.15) is 24.2 Å². The molecule has 1 saturated heterocycles. The highest BCUT2D eigenvalue weighted by atomic mass is 35.5. The Kier molecular flexibility index (Phi) is 4.57. The van der Waals surface area contributed by atoms with Gasteiger partial charge >= 0.3 is 5.97 Å². The number of hydrogen-bond donors (Lipinski definition) is 1. The SMILES string of the molecule is CC1OCCN(S(=O)(=O)c2ccc(Cl)c(C(=O)O)c2)C1C. The molecule has 0 radical (unpaired) electrons. The Morgan fingerprint density at radius 2 is 2.10 bits per heavy atom. The summed E-state index contributed by atoms with van der Waals surface area (Å²) in [6, 6.07) is 3.36. The second kappa shape index (κ2) is 5.92. The minimum Gasteiger partial charge on any atom is -0.478 e. The second-order valence-corrected chi connectivity index (χ2v) is 7.18. The topological polar surface area (TPSA) is 83.9 Å². The number of hydrogen-bond acceptors (Lipinski definition) is 4. The van der Waals surface area contributed by atoms with Gasteiger partial charge in [0.05, 0.1) is 28.2 Å². The first-order chi connectivity index (χ1) is 9.75. The first-order valence-electron chi connectivity index (χ1n) is 6.41. The largest absolute Gasteiger partial charge is 0.478 e. The molecule has 116 valence electrons. The number of ether oxygens (including phenoxy) is 1. The van der Waals surface area contributed by atoms with Gasteiger partial charge in [0, 0.05) is 12.6 Å². The maximum Gasteiger partial charge on any atom is 0.337 e. The van der Waals surface area contributed by atoms with Gasteiger partial charge in [-0.15, -0.1) is 0 Å². The van der Waals surface area contributed by atoms with Gasteiger partial charge < -0.3 is 9.84 Å². The van der Waals surface area contributed by atoms with Crippen LogP contribution in [0.2, 0.25) is 5.02 Å². The molecule has 0 amide bonds. The smallest absolute Gasteiger partial charge is 0.337 e. The highest BCUT2D eigenvalue weighted by molar-refractivity contribution is 7.89. The monoisotopic (exact) mass is 333 g/mol. The number of halogens is 1. The summed E-state index contributed by atoms with van der Waals surface area (Å²) in [7, 11) is -3.79. The Bertz CT molecular complexity index is 661. The molecule has 6 nitrogen and oxygen atoms in total. The van der Waals surface area contributed by atoms with E-state index in [2.05, 4.69) is 0 Å². The quantitative estimate of drug-likeness (QED) is 0.912. The summed E-state index contributed by atoms with van der Waals surface area (Å²) in [5, 5.41) is 9.05. The first-order valence-corrected chi connectivity index (χ1v) is 8.23. The van der Waals surface area contributed by atoms with Gasteiger partial charge in [-0.25, -0.2) is 13.2 Å². The van der Waals surface area contributed by atoms with Crippen LogP contribution in [0, 0.1) is 0 Å². The number of sulfonamides is 1. The molecule has 1 N–H and O–H groups in total. The maximum absolute atomic E-state index is 12.7. The van der Waals surface area contributed by atoms with Crippen molar-refractivity contribution in [1.82, 2.24) is 4.31 Å². The molecule has 0 saturated carbocycles. The highest BCUT2D eigenvalue weighted by Gasteiger charge is 2.35. The van der Waals surface area contributed by atoms with Crippen molar-refractivity contribution in [2.45, 2.75) is 30.9 Å². The van der Waals surface area contributed by atoms with Gasteiger partial charge in [0.2, 0.25) is 10.0 Å². The number of nitrogens with zero attached hydrogens (tertiary/aromatic N) is 1. The summed E-state index contributed by atoms with van der Waals surface area (Å²) >= 11 is 5.77. The van der Waals surface area contributed by atoms with E-state index in [1.165, 1.54) is 16.4 Å². The van der Waals surface area contributed by atoms with Gasteiger partial charge in [-0.2, -0.15) is 4.31 Å². The molecule has 2 atom stereocenters. The van der Waals surface area contributed by atoms with Crippen LogP contribution < -0.4 is 0 Å². The zero-order valence-corrected chi connectivity index (χ0v) is 13.2. The molecule has 1 heterocycles. The van der Waals surface area contributed by atoms with Crippen LogP contribution in [0.15, 0.2) is 23.1 Å². The van der Waals surface area contributed by atoms with Crippen LogP contribution >= 0.6 is 11.6 Å². The molecule has 21 heavy (non-hydrogen) atoms. The summed E-state index contributed by atoms with van der Waals surface area (Å²) in [6.07, 6.45) is -0.222. The minimum atomic E-state index is -3.79. The van der Waals surface area contributed by atoms with E-state index in [0.717, 1.165) is 6.07 Å². The van der Waals surface area contributed by atoms with Crippen LogP contribution in [0.4, 0.5) is 0 Å². The maximum atomic E-state index is 12.7. The summed E-state index contributed by atoms with van der Waals surface area (Å²) in [5.74, 6) is -1.26. The summed E-state index contributed by atoms with van der Waals surface area (Å²) < 4.78 is 32.1. The molecule has 1 aromatic rings. The Labute approximate surface area is 128 Å². The fraction of sp³-hybridized carbons (Fsp3) is 0.462. The third kappa shape index (κ3) is 3.06. The molecule has 2 unspecified atom stereocenters. The standard InChI is InChI=1S/C13H16ClNO5S/c1-8-9(2)20-6-5-15(8)21(18,19)10-3-4-12(14)11(7-10)13(16)17/h3-4,7-9H,5-6H2,1-2H3,(H,16,17). The van der Waals surface area contributed by atoms with Gasteiger partial charge in [0.15, 0.2) is 0 Å². The summed E-state index contributed by atoms with van der Waals surface area (Å²) in [4.78, 5) is 11.0. The molecule has 1 aliphatic rings. The zero-order valence-electron chi connectivity index (χ0n) is 11.6. The van der Waals surface area contributed by atoms with Gasteiger partial charge in [-0.05, 0) is 32.0 Å². The van der Waals surface area contributed by atoms with E-state index in [-0.39, 0.29) is 34.2 Å². The Hall–Kier alpha value is -1.15. The Morgan fingerprint density at radius 3 is 2.71 bits per heavy atom. The first kappa shape index (κ1) is 16.2. The molecular formula is C13H16ClNO5S. The Morgan fingerprint density at radius 1 is 1.43 bits per heavy atom. The lowest BCUT2D eigenvalue weighted by Gasteiger charge is -2.36. The van der Waals surface area contributed by atoms with Crippen molar-refractivity contribution in [1.29, 1.82) is 0 Å². The van der Waals surface area contributed by atoms with E-state index in [1.807, 2.05) is 0 Å². The van der Waals surface area contributed by atoms with Crippen molar-refractivity contribution in [2.24, 2.45) is 0 Å². The third-order valence-electron chi connectivity index (χ3n) is 3.60. The fourth-order valence-corrected chi connectivity index (χ4v) is 4.11. The molecule has 1 aromatic carbocycles. The van der Waals surface area contributed by atoms with Crippen LogP contribution in [-0.4, -0.2) is 49.1 Å². The van der Waals surface area contributed by atoms with E-state index >= 15 is 0 Å². The van der Waals surface area contributed by atoms with Gasteiger partial charge in [0.1, 0.15) is 0 Å². The molecule has 1 aliphatic heterocycles. The number of carboxylic acids is 1. The van der Waals surface area contributed by atoms with Crippen LogP contribution in [-0.2, 0) is 14.8 Å². The van der Waals surface area contributed by atoms with E-state index in [4.69, 9.17) is 21.4 Å². The van der Waals surface area contributed by atoms with Crippen LogP contribution in [0.3, 0.4) is 0 Å². The third-order valence-corrected chi connectivity index (χ3v) is 5.91. The second-order valence-electron chi connectivity index (χ2n) is 4.88. The van der Waals surface area contributed by atoms with Crippen molar-refractivity contribution < 1.29 is 23.1 Å².